The summed E-state index contributed by atoms with van der Waals surface area (Å²) in [6.45, 7) is 0. The fourth-order valence-electron chi connectivity index (χ4n) is 3.52. The van der Waals surface area contributed by atoms with E-state index in [9.17, 15) is 14.4 Å². The van der Waals surface area contributed by atoms with Gasteiger partial charge in [0.1, 0.15) is 10.6 Å². The van der Waals surface area contributed by atoms with Gasteiger partial charge in [-0.05, 0) is 43.4 Å². The number of ether oxygens (including phenoxy) is 1. The zero-order valence-electron chi connectivity index (χ0n) is 15.2. The third-order valence-electron chi connectivity index (χ3n) is 4.83. The van der Waals surface area contributed by atoms with E-state index in [1.807, 2.05) is 0 Å². The van der Waals surface area contributed by atoms with Crippen molar-refractivity contribution in [3.63, 3.8) is 0 Å². The molecule has 1 aliphatic rings. The highest BCUT2D eigenvalue weighted by molar-refractivity contribution is 7.17. The molecule has 0 unspecified atom stereocenters. The summed E-state index contributed by atoms with van der Waals surface area (Å²) in [5.41, 5.74) is 6.16. The van der Waals surface area contributed by atoms with E-state index in [1.54, 1.807) is 18.2 Å². The van der Waals surface area contributed by atoms with Crippen LogP contribution < -0.4 is 21.4 Å². The molecule has 0 spiro atoms. The number of rotatable bonds is 4. The van der Waals surface area contributed by atoms with Gasteiger partial charge < -0.3 is 20.2 Å². The van der Waals surface area contributed by atoms with E-state index in [4.69, 9.17) is 14.9 Å². The molecule has 7 nitrogen and oxygen atoms in total. The summed E-state index contributed by atoms with van der Waals surface area (Å²) in [5.74, 6) is -0.812. The predicted molar refractivity (Wildman–Crippen MR) is 106 cm³/mol. The van der Waals surface area contributed by atoms with Crippen LogP contribution in [0.2, 0.25) is 0 Å². The lowest BCUT2D eigenvalue weighted by atomic mass is 9.95. The molecule has 28 heavy (non-hydrogen) atoms. The first-order chi connectivity index (χ1) is 13.5. The number of carbonyl (C=O) groups excluding carboxylic acids is 2. The molecular weight excluding hydrogens is 380 g/mol. The van der Waals surface area contributed by atoms with E-state index < -0.39 is 17.4 Å². The van der Waals surface area contributed by atoms with Crippen molar-refractivity contribution < 1.29 is 18.7 Å². The van der Waals surface area contributed by atoms with Gasteiger partial charge in [-0.3, -0.25) is 9.59 Å². The molecule has 2 amide bonds. The molecule has 0 fully saturated rings. The minimum absolute atomic E-state index is 0.150. The molecule has 0 saturated heterocycles. The van der Waals surface area contributed by atoms with Gasteiger partial charge in [-0.25, -0.2) is 4.79 Å². The molecule has 0 bridgehead atoms. The van der Waals surface area contributed by atoms with Crippen molar-refractivity contribution >= 4 is 39.1 Å². The Labute approximate surface area is 164 Å². The predicted octanol–water partition coefficient (Wildman–Crippen LogP) is 3.09. The standard InChI is InChI=1S/C20H18N2O5S/c1-26-13-7-4-5-10-9-12(20(25)27-16(10)13)18(24)22-19-15(17(21)23)11-6-2-3-8-14(11)28-19/h4-5,7,9H,2-3,6,8H2,1H3,(H2,21,23)(H,22,24). The summed E-state index contributed by atoms with van der Waals surface area (Å²) < 4.78 is 10.5. The molecule has 0 atom stereocenters. The average Bonchev–Trinajstić information content (AvgIpc) is 3.04. The molecule has 1 aliphatic carbocycles. The SMILES string of the molecule is COc1cccc2cc(C(=O)Nc3sc4c(c3C(N)=O)CCCC4)c(=O)oc12. The van der Waals surface area contributed by atoms with E-state index in [2.05, 4.69) is 5.32 Å². The fraction of sp³-hybridized carbons (Fsp3) is 0.250. The van der Waals surface area contributed by atoms with Crippen LogP contribution in [0.1, 0.15) is 44.0 Å². The van der Waals surface area contributed by atoms with Gasteiger partial charge >= 0.3 is 5.63 Å². The normalized spacial score (nSPS) is 13.2. The Kier molecular flexibility index (Phi) is 4.64. The second-order valence-electron chi connectivity index (χ2n) is 6.56. The summed E-state index contributed by atoms with van der Waals surface area (Å²) in [7, 11) is 1.47. The Morgan fingerprint density at radius 3 is 2.79 bits per heavy atom. The highest BCUT2D eigenvalue weighted by Gasteiger charge is 2.26. The second-order valence-corrected chi connectivity index (χ2v) is 7.66. The van der Waals surface area contributed by atoms with Gasteiger partial charge in [0.2, 0.25) is 0 Å². The summed E-state index contributed by atoms with van der Waals surface area (Å²) in [5, 5.41) is 3.63. The van der Waals surface area contributed by atoms with Gasteiger partial charge in [-0.2, -0.15) is 0 Å². The van der Waals surface area contributed by atoms with Crippen LogP contribution in [-0.2, 0) is 12.8 Å². The summed E-state index contributed by atoms with van der Waals surface area (Å²) >= 11 is 1.34. The number of anilines is 1. The van der Waals surface area contributed by atoms with Crippen LogP contribution in [-0.4, -0.2) is 18.9 Å². The maximum atomic E-state index is 12.8. The number of fused-ring (bicyclic) bond motifs is 2. The van der Waals surface area contributed by atoms with E-state index >= 15 is 0 Å². The van der Waals surface area contributed by atoms with Gasteiger partial charge in [0, 0.05) is 10.3 Å². The van der Waals surface area contributed by atoms with Crippen molar-refractivity contribution in [1.29, 1.82) is 0 Å². The van der Waals surface area contributed by atoms with Crippen LogP contribution >= 0.6 is 11.3 Å². The van der Waals surface area contributed by atoms with Crippen molar-refractivity contribution in [2.24, 2.45) is 5.73 Å². The Morgan fingerprint density at radius 1 is 1.25 bits per heavy atom. The number of primary amides is 1. The molecule has 3 aromatic rings. The molecule has 2 heterocycles. The lowest BCUT2D eigenvalue weighted by molar-refractivity contribution is 0.100. The number of nitrogens with one attached hydrogen (secondary N) is 1. The quantitative estimate of drug-likeness (QED) is 0.656. The van der Waals surface area contributed by atoms with Crippen LogP contribution in [0, 0.1) is 0 Å². The molecular formula is C20H18N2O5S. The fourth-order valence-corrected chi connectivity index (χ4v) is 4.81. The minimum Gasteiger partial charge on any atom is -0.493 e. The molecule has 144 valence electrons. The monoisotopic (exact) mass is 398 g/mol. The van der Waals surface area contributed by atoms with E-state index in [1.165, 1.54) is 24.5 Å². The molecule has 2 aromatic heterocycles. The van der Waals surface area contributed by atoms with Crippen molar-refractivity contribution in [1.82, 2.24) is 0 Å². The molecule has 3 N–H and O–H groups in total. The van der Waals surface area contributed by atoms with Crippen molar-refractivity contribution in [2.45, 2.75) is 25.7 Å². The zero-order chi connectivity index (χ0) is 19.8. The van der Waals surface area contributed by atoms with Crippen LogP contribution in [0.25, 0.3) is 11.0 Å². The molecule has 0 aliphatic heterocycles. The summed E-state index contributed by atoms with van der Waals surface area (Å²) in [4.78, 5) is 38.2. The zero-order valence-corrected chi connectivity index (χ0v) is 16.0. The number of thiophene rings is 1. The largest absolute Gasteiger partial charge is 0.493 e. The Balaban J connectivity index is 1.74. The van der Waals surface area contributed by atoms with E-state index in [0.29, 0.717) is 21.7 Å². The van der Waals surface area contributed by atoms with Crippen LogP contribution in [0.4, 0.5) is 5.00 Å². The number of nitrogens with two attached hydrogens (primary N) is 1. The van der Waals surface area contributed by atoms with Crippen LogP contribution in [0.3, 0.4) is 0 Å². The highest BCUT2D eigenvalue weighted by Crippen LogP contribution is 2.38. The molecule has 4 rings (SSSR count). The number of aryl methyl sites for hydroxylation is 1. The van der Waals surface area contributed by atoms with Gasteiger partial charge in [0.25, 0.3) is 11.8 Å². The van der Waals surface area contributed by atoms with E-state index in [0.717, 1.165) is 36.1 Å². The Hall–Kier alpha value is -3.13. The first-order valence-corrected chi connectivity index (χ1v) is 9.67. The van der Waals surface area contributed by atoms with Crippen molar-refractivity contribution in [2.75, 3.05) is 12.4 Å². The number of para-hydroxylation sites is 1. The lowest BCUT2D eigenvalue weighted by Crippen LogP contribution is -2.22. The highest BCUT2D eigenvalue weighted by atomic mass is 32.1. The Bertz CT molecular complexity index is 1160. The van der Waals surface area contributed by atoms with Gasteiger partial charge in [0.15, 0.2) is 11.3 Å². The molecule has 8 heteroatoms. The molecule has 0 saturated carbocycles. The number of benzene rings is 1. The lowest BCUT2D eigenvalue weighted by Gasteiger charge is -2.11. The maximum Gasteiger partial charge on any atom is 0.349 e. The maximum absolute atomic E-state index is 12.8. The van der Waals surface area contributed by atoms with Crippen molar-refractivity contribution in [3.8, 4) is 5.75 Å². The molecule has 1 aromatic carbocycles. The van der Waals surface area contributed by atoms with Gasteiger partial charge in [0.05, 0.1) is 12.7 Å². The summed E-state index contributed by atoms with van der Waals surface area (Å²) in [6.07, 6.45) is 3.63. The average molecular weight is 398 g/mol. The third-order valence-corrected chi connectivity index (χ3v) is 6.04. The van der Waals surface area contributed by atoms with Gasteiger partial charge in [-0.15, -0.1) is 11.3 Å². The summed E-state index contributed by atoms with van der Waals surface area (Å²) in [6, 6.07) is 6.58. The smallest absolute Gasteiger partial charge is 0.349 e. The number of amides is 2. The van der Waals surface area contributed by atoms with Gasteiger partial charge in [-0.1, -0.05) is 12.1 Å². The number of methoxy groups -OCH3 is 1. The minimum atomic E-state index is -0.781. The first-order valence-electron chi connectivity index (χ1n) is 8.86. The number of hydrogen-bond acceptors (Lipinski definition) is 6. The van der Waals surface area contributed by atoms with Crippen LogP contribution in [0.15, 0.2) is 33.5 Å². The number of hydrogen-bond donors (Lipinski definition) is 2. The van der Waals surface area contributed by atoms with Crippen LogP contribution in [0.5, 0.6) is 5.75 Å². The number of carbonyl (C=O) groups is 2. The topological polar surface area (TPSA) is 112 Å². The van der Waals surface area contributed by atoms with E-state index in [-0.39, 0.29) is 11.1 Å². The molecule has 0 radical (unpaired) electrons. The second kappa shape index (κ2) is 7.12. The third kappa shape index (κ3) is 3.05. The Morgan fingerprint density at radius 2 is 2.04 bits per heavy atom. The first kappa shape index (κ1) is 18.2. The van der Waals surface area contributed by atoms with Crippen molar-refractivity contribution in [3.05, 3.63) is 56.3 Å².